The molecule has 0 aliphatic rings. The van der Waals surface area contributed by atoms with Gasteiger partial charge in [-0.15, -0.1) is 23.4 Å². The molecule has 7 aromatic carbocycles. The standard InChI is InChI=1S/C28H21N5O2.C23H16F3N5O3/c34-25(22-12-6-2-7-13-22)29-27-31-28(30-26(35)23-14-8-3-9-15-23)33(32-27)24-18-16-21(17-19-24)20-10-4-1-5-11-20;24-23(25,26)34-18-13-11-17(12-14-18)31-22(28-20(33)16-9-5-2-6-10-16)29-21(30-31)27-19(32)15-7-3-1-4-8-15/h1-19H,(H2,29,30,31,32,34,35);1-14H,(H2,27,28,29,30,32,33). The van der Waals surface area contributed by atoms with Crippen molar-refractivity contribution in [2.45, 2.75) is 6.36 Å². The molecule has 0 aliphatic heterocycles. The number of rotatable bonds is 12. The van der Waals surface area contributed by atoms with E-state index >= 15 is 0 Å². The Kier molecular flexibility index (Phi) is 14.0. The number of hydrogen-bond donors (Lipinski definition) is 4. The smallest absolute Gasteiger partial charge is 0.406 e. The van der Waals surface area contributed by atoms with Gasteiger partial charge in [0.25, 0.3) is 35.5 Å². The van der Waals surface area contributed by atoms with Crippen LogP contribution in [0, 0.1) is 0 Å². The first-order chi connectivity index (χ1) is 33.5. The van der Waals surface area contributed by atoms with Crippen molar-refractivity contribution in [1.82, 2.24) is 29.5 Å². The van der Waals surface area contributed by atoms with Crippen LogP contribution < -0.4 is 26.0 Å². The summed E-state index contributed by atoms with van der Waals surface area (Å²) in [6.07, 6.45) is -4.83. The monoisotopic (exact) mass is 926 g/mol. The minimum absolute atomic E-state index is 0.0540. The zero-order valence-corrected chi connectivity index (χ0v) is 35.9. The maximum atomic E-state index is 12.8. The molecule has 0 fully saturated rings. The van der Waals surface area contributed by atoms with Gasteiger partial charge in [0.05, 0.1) is 11.4 Å². The molecule has 0 atom stereocenters. The van der Waals surface area contributed by atoms with E-state index in [4.69, 9.17) is 0 Å². The van der Waals surface area contributed by atoms with Gasteiger partial charge in [-0.25, -0.2) is 0 Å². The molecular weight excluding hydrogens is 890 g/mol. The fourth-order valence-electron chi connectivity index (χ4n) is 6.52. The Labute approximate surface area is 391 Å². The van der Waals surface area contributed by atoms with Gasteiger partial charge in [0, 0.05) is 22.3 Å². The lowest BCUT2D eigenvalue weighted by atomic mass is 10.1. The van der Waals surface area contributed by atoms with Crippen LogP contribution in [0.15, 0.2) is 200 Å². The lowest BCUT2D eigenvalue weighted by Gasteiger charge is -2.10. The number of hydrogen-bond acceptors (Lipinski definition) is 9. The van der Waals surface area contributed by atoms with Crippen LogP contribution in [0.3, 0.4) is 0 Å². The number of nitrogens with zero attached hydrogens (tertiary/aromatic N) is 6. The first kappa shape index (κ1) is 45.8. The van der Waals surface area contributed by atoms with E-state index in [9.17, 15) is 32.3 Å². The van der Waals surface area contributed by atoms with E-state index < -0.39 is 23.9 Å². The van der Waals surface area contributed by atoms with Gasteiger partial charge in [-0.2, -0.15) is 19.3 Å². The number of amides is 4. The van der Waals surface area contributed by atoms with E-state index in [1.54, 1.807) is 109 Å². The van der Waals surface area contributed by atoms with Crippen LogP contribution in [0.25, 0.3) is 22.5 Å². The fourth-order valence-corrected chi connectivity index (χ4v) is 6.52. The number of halogens is 3. The minimum Gasteiger partial charge on any atom is -0.406 e. The number of carbonyl (C=O) groups excluding carboxylic acids is 4. The van der Waals surface area contributed by atoms with Crippen molar-refractivity contribution < 1.29 is 37.1 Å². The zero-order valence-electron chi connectivity index (χ0n) is 35.9. The quantitative estimate of drug-likeness (QED) is 0.0925. The van der Waals surface area contributed by atoms with E-state index in [0.717, 1.165) is 23.3 Å². The fraction of sp³-hybridized carbons (Fsp3) is 0.0196. The summed E-state index contributed by atoms with van der Waals surface area (Å²) in [4.78, 5) is 59.1. The Hall–Kier alpha value is -9.71. The Morgan fingerprint density at radius 2 is 0.696 bits per heavy atom. The summed E-state index contributed by atoms with van der Waals surface area (Å²) in [5, 5.41) is 19.3. The molecule has 9 rings (SSSR count). The van der Waals surface area contributed by atoms with E-state index in [2.05, 4.69) is 46.2 Å². The average Bonchev–Trinajstić information content (AvgIpc) is 3.97. The first-order valence-electron chi connectivity index (χ1n) is 20.9. The molecule has 0 saturated carbocycles. The average molecular weight is 927 g/mol. The van der Waals surface area contributed by atoms with E-state index in [0.29, 0.717) is 27.9 Å². The van der Waals surface area contributed by atoms with Crippen molar-refractivity contribution in [3.05, 3.63) is 222 Å². The summed E-state index contributed by atoms with van der Waals surface area (Å²) in [6.45, 7) is 0. The van der Waals surface area contributed by atoms with Crippen molar-refractivity contribution in [2.24, 2.45) is 0 Å². The Balaban J connectivity index is 0.000000186. The van der Waals surface area contributed by atoms with E-state index in [1.165, 1.54) is 21.5 Å². The lowest BCUT2D eigenvalue weighted by Crippen LogP contribution is -2.17. The third-order valence-corrected chi connectivity index (χ3v) is 9.79. The molecule has 4 N–H and O–H groups in total. The van der Waals surface area contributed by atoms with Gasteiger partial charge in [-0.3, -0.25) is 40.4 Å². The van der Waals surface area contributed by atoms with Crippen molar-refractivity contribution in [3.8, 4) is 28.3 Å². The third-order valence-electron chi connectivity index (χ3n) is 9.79. The van der Waals surface area contributed by atoms with Crippen LogP contribution in [0.1, 0.15) is 41.4 Å². The molecule has 2 heterocycles. The second-order valence-electron chi connectivity index (χ2n) is 14.6. The number of anilines is 4. The second-order valence-corrected chi connectivity index (χ2v) is 14.6. The van der Waals surface area contributed by atoms with Crippen LogP contribution in [0.5, 0.6) is 5.75 Å². The topological polar surface area (TPSA) is 187 Å². The maximum Gasteiger partial charge on any atom is 0.573 e. The largest absolute Gasteiger partial charge is 0.573 e. The summed E-state index contributed by atoms with van der Waals surface area (Å²) in [6, 6.07) is 56.8. The van der Waals surface area contributed by atoms with E-state index in [-0.39, 0.29) is 41.3 Å². The highest BCUT2D eigenvalue weighted by Crippen LogP contribution is 2.26. The van der Waals surface area contributed by atoms with E-state index in [1.807, 2.05) is 66.7 Å². The van der Waals surface area contributed by atoms with Crippen molar-refractivity contribution >= 4 is 47.4 Å². The number of nitrogens with one attached hydrogen (secondary N) is 4. The van der Waals surface area contributed by atoms with Crippen molar-refractivity contribution in [2.75, 3.05) is 21.3 Å². The predicted octanol–water partition coefficient (Wildman–Crippen LogP) is 10.1. The molecular formula is C51H37F3N10O5. The van der Waals surface area contributed by atoms with Crippen molar-refractivity contribution in [3.63, 3.8) is 0 Å². The van der Waals surface area contributed by atoms with Gasteiger partial charge >= 0.3 is 6.36 Å². The third kappa shape index (κ3) is 12.2. The van der Waals surface area contributed by atoms with Crippen LogP contribution >= 0.6 is 0 Å². The maximum absolute atomic E-state index is 12.8. The molecule has 0 unspecified atom stereocenters. The number of carbonyl (C=O) groups is 4. The number of aromatic nitrogens is 6. The van der Waals surface area contributed by atoms with Gasteiger partial charge < -0.3 is 4.74 Å². The Morgan fingerprint density at radius 1 is 0.391 bits per heavy atom. The Morgan fingerprint density at radius 3 is 1.04 bits per heavy atom. The molecule has 0 aliphatic carbocycles. The molecule has 0 bridgehead atoms. The first-order valence-corrected chi connectivity index (χ1v) is 20.9. The lowest BCUT2D eigenvalue weighted by molar-refractivity contribution is -0.274. The molecule has 18 heteroatoms. The molecule has 4 amide bonds. The number of benzene rings is 7. The SMILES string of the molecule is O=C(Nc1nc(NC(=O)c2ccccc2)n(-c2ccc(-c3ccccc3)cc2)n1)c1ccccc1.O=C(Nc1nc(NC(=O)c2ccccc2)n(-c2ccc(OC(F)(F)F)cc2)n1)c1ccccc1. The minimum atomic E-state index is -4.83. The molecule has 0 saturated heterocycles. The second kappa shape index (κ2) is 21.1. The normalized spacial score (nSPS) is 10.8. The molecule has 15 nitrogen and oxygen atoms in total. The molecule has 69 heavy (non-hydrogen) atoms. The van der Waals surface area contributed by atoms with Gasteiger partial charge in [0.2, 0.25) is 11.9 Å². The highest BCUT2D eigenvalue weighted by Gasteiger charge is 2.31. The molecule has 342 valence electrons. The van der Waals surface area contributed by atoms with Crippen LogP contribution in [0.2, 0.25) is 0 Å². The summed E-state index contributed by atoms with van der Waals surface area (Å²) in [5.41, 5.74) is 4.75. The summed E-state index contributed by atoms with van der Waals surface area (Å²) >= 11 is 0. The molecule has 2 aromatic heterocycles. The van der Waals surface area contributed by atoms with Crippen LogP contribution in [-0.4, -0.2) is 59.5 Å². The molecule has 9 aromatic rings. The summed E-state index contributed by atoms with van der Waals surface area (Å²) in [7, 11) is 0. The summed E-state index contributed by atoms with van der Waals surface area (Å²) in [5.74, 6) is -1.98. The highest BCUT2D eigenvalue weighted by molar-refractivity contribution is 6.06. The number of ether oxygens (including phenoxy) is 1. The number of alkyl halides is 3. The predicted molar refractivity (Wildman–Crippen MR) is 252 cm³/mol. The van der Waals surface area contributed by atoms with Crippen LogP contribution in [-0.2, 0) is 0 Å². The van der Waals surface area contributed by atoms with Gasteiger partial charge in [0.1, 0.15) is 5.75 Å². The zero-order chi connectivity index (χ0) is 48.2. The van der Waals surface area contributed by atoms with Gasteiger partial charge in [-0.05, 0) is 96.1 Å². The van der Waals surface area contributed by atoms with Crippen molar-refractivity contribution in [1.29, 1.82) is 0 Å². The summed E-state index contributed by atoms with van der Waals surface area (Å²) < 4.78 is 43.9. The van der Waals surface area contributed by atoms with Crippen LogP contribution in [0.4, 0.5) is 37.0 Å². The van der Waals surface area contributed by atoms with Gasteiger partial charge in [-0.1, -0.05) is 115 Å². The Bertz CT molecular complexity index is 3180. The van der Waals surface area contributed by atoms with Gasteiger partial charge in [0.15, 0.2) is 0 Å². The molecule has 0 spiro atoms. The molecule has 0 radical (unpaired) electrons. The highest BCUT2D eigenvalue weighted by atomic mass is 19.4.